The van der Waals surface area contributed by atoms with E-state index in [-0.39, 0.29) is 18.9 Å². The fourth-order valence-electron chi connectivity index (χ4n) is 2.25. The van der Waals surface area contributed by atoms with Gasteiger partial charge in [-0.05, 0) is 43.3 Å². The summed E-state index contributed by atoms with van der Waals surface area (Å²) in [7, 11) is -4.08. The molecule has 28 heavy (non-hydrogen) atoms. The van der Waals surface area contributed by atoms with Gasteiger partial charge in [-0.1, -0.05) is 6.07 Å². The maximum atomic E-state index is 13.2. The minimum absolute atomic E-state index is 0.200. The molecule has 0 heterocycles. The van der Waals surface area contributed by atoms with Crippen LogP contribution in [-0.4, -0.2) is 33.3 Å². The van der Waals surface area contributed by atoms with Gasteiger partial charge in [0.15, 0.2) is 11.6 Å². The van der Waals surface area contributed by atoms with E-state index in [4.69, 9.17) is 0 Å². The summed E-state index contributed by atoms with van der Waals surface area (Å²) in [4.78, 5) is 23.3. The Kier molecular flexibility index (Phi) is 7.18. The molecule has 0 aliphatic rings. The van der Waals surface area contributed by atoms with Gasteiger partial charge in [0.1, 0.15) is 0 Å². The first-order valence-corrected chi connectivity index (χ1v) is 9.84. The maximum absolute atomic E-state index is 13.2. The molecule has 0 radical (unpaired) electrons. The minimum atomic E-state index is -4.08. The second kappa shape index (κ2) is 9.38. The van der Waals surface area contributed by atoms with Crippen LogP contribution in [-0.2, 0) is 14.8 Å². The third-order valence-corrected chi connectivity index (χ3v) is 5.05. The van der Waals surface area contributed by atoms with Gasteiger partial charge in [-0.2, -0.15) is 0 Å². The summed E-state index contributed by atoms with van der Waals surface area (Å²) >= 11 is 0. The molecule has 2 aromatic carbocycles. The molecule has 0 fully saturated rings. The third-order valence-electron chi connectivity index (χ3n) is 3.59. The van der Waals surface area contributed by atoms with Gasteiger partial charge in [-0.25, -0.2) is 21.9 Å². The van der Waals surface area contributed by atoms with E-state index in [0.29, 0.717) is 29.9 Å². The first-order valence-electron chi connectivity index (χ1n) is 8.35. The van der Waals surface area contributed by atoms with Gasteiger partial charge in [0, 0.05) is 30.8 Å². The molecule has 0 saturated heterocycles. The lowest BCUT2D eigenvalue weighted by molar-refractivity contribution is -0.116. The molecule has 7 nitrogen and oxygen atoms in total. The Bertz CT molecular complexity index is 981. The predicted octanol–water partition coefficient (Wildman–Crippen LogP) is 2.02. The molecule has 150 valence electrons. The highest BCUT2D eigenvalue weighted by atomic mass is 32.2. The maximum Gasteiger partial charge on any atom is 0.251 e. The fraction of sp³-hybridized carbons (Fsp3) is 0.222. The van der Waals surface area contributed by atoms with Crippen molar-refractivity contribution in [3.63, 3.8) is 0 Å². The zero-order valence-electron chi connectivity index (χ0n) is 15.0. The van der Waals surface area contributed by atoms with Gasteiger partial charge in [0.05, 0.1) is 4.90 Å². The number of benzene rings is 2. The van der Waals surface area contributed by atoms with Crippen molar-refractivity contribution in [3.05, 3.63) is 59.7 Å². The Balaban J connectivity index is 1.91. The molecule has 0 spiro atoms. The number of amides is 2. The van der Waals surface area contributed by atoms with Crippen molar-refractivity contribution in [1.82, 2.24) is 10.0 Å². The molecular weight excluding hydrogens is 392 g/mol. The molecule has 0 aliphatic heterocycles. The quantitative estimate of drug-likeness (QED) is 0.618. The van der Waals surface area contributed by atoms with E-state index in [0.717, 1.165) is 6.07 Å². The van der Waals surface area contributed by atoms with E-state index in [2.05, 4.69) is 15.4 Å². The highest BCUT2D eigenvalue weighted by molar-refractivity contribution is 7.89. The van der Waals surface area contributed by atoms with Crippen LogP contribution in [0.2, 0.25) is 0 Å². The second-order valence-corrected chi connectivity index (χ2v) is 7.48. The molecule has 2 rings (SSSR count). The summed E-state index contributed by atoms with van der Waals surface area (Å²) in [6.07, 6.45) is -0.200. The van der Waals surface area contributed by atoms with Gasteiger partial charge < -0.3 is 10.6 Å². The number of hydrogen-bond donors (Lipinski definition) is 3. The molecule has 0 bridgehead atoms. The summed E-state index contributed by atoms with van der Waals surface area (Å²) < 4.78 is 52.3. The first-order chi connectivity index (χ1) is 13.2. The number of sulfonamides is 1. The van der Waals surface area contributed by atoms with Gasteiger partial charge in [0.2, 0.25) is 15.9 Å². The Labute approximate surface area is 161 Å². The van der Waals surface area contributed by atoms with E-state index < -0.39 is 32.5 Å². The van der Waals surface area contributed by atoms with E-state index in [9.17, 15) is 26.8 Å². The molecule has 2 amide bonds. The molecule has 0 saturated carbocycles. The summed E-state index contributed by atoms with van der Waals surface area (Å²) in [6.45, 7) is 2.00. The number of carbonyl (C=O) groups excluding carboxylic acids is 2. The highest BCUT2D eigenvalue weighted by Gasteiger charge is 2.16. The lowest BCUT2D eigenvalue weighted by Crippen LogP contribution is -2.28. The van der Waals surface area contributed by atoms with Crippen LogP contribution in [0.25, 0.3) is 0 Å². The number of nitrogens with one attached hydrogen (secondary N) is 3. The van der Waals surface area contributed by atoms with Crippen LogP contribution < -0.4 is 15.4 Å². The predicted molar refractivity (Wildman–Crippen MR) is 99.2 cm³/mol. The van der Waals surface area contributed by atoms with Gasteiger partial charge in [0.25, 0.3) is 5.91 Å². The van der Waals surface area contributed by atoms with Crippen LogP contribution >= 0.6 is 0 Å². The Morgan fingerprint density at radius 2 is 1.79 bits per heavy atom. The summed E-state index contributed by atoms with van der Waals surface area (Å²) in [5.74, 6) is -3.21. The molecule has 0 atom stereocenters. The number of rotatable bonds is 8. The Morgan fingerprint density at radius 3 is 2.46 bits per heavy atom. The van der Waals surface area contributed by atoms with E-state index in [1.807, 2.05) is 0 Å². The minimum Gasteiger partial charge on any atom is -0.352 e. The van der Waals surface area contributed by atoms with Crippen LogP contribution in [0.3, 0.4) is 0 Å². The van der Waals surface area contributed by atoms with Crippen molar-refractivity contribution in [3.8, 4) is 0 Å². The van der Waals surface area contributed by atoms with Crippen LogP contribution in [0.4, 0.5) is 14.5 Å². The first kappa shape index (κ1) is 21.5. The van der Waals surface area contributed by atoms with Crippen molar-refractivity contribution in [2.45, 2.75) is 18.2 Å². The molecule has 0 aliphatic carbocycles. The van der Waals surface area contributed by atoms with E-state index in [1.54, 1.807) is 25.1 Å². The smallest absolute Gasteiger partial charge is 0.251 e. The molecule has 2 aromatic rings. The summed E-state index contributed by atoms with van der Waals surface area (Å²) in [5.41, 5.74) is 0.760. The Hall–Kier alpha value is -2.85. The average molecular weight is 411 g/mol. The zero-order chi connectivity index (χ0) is 20.7. The van der Waals surface area contributed by atoms with Crippen molar-refractivity contribution in [2.24, 2.45) is 0 Å². The van der Waals surface area contributed by atoms with Crippen LogP contribution in [0, 0.1) is 11.6 Å². The standard InChI is InChI=1S/C18H19F2N3O4S/c1-2-21-18(25)12-4-3-5-13(10-12)23-17(24)8-9-22-28(26,27)14-6-7-15(19)16(20)11-14/h3-7,10-11,22H,2,8-9H2,1H3,(H,21,25)(H,23,24). The number of anilines is 1. The molecule has 10 heteroatoms. The lowest BCUT2D eigenvalue weighted by atomic mass is 10.2. The Morgan fingerprint density at radius 1 is 1.04 bits per heavy atom. The van der Waals surface area contributed by atoms with Gasteiger partial charge in [-0.3, -0.25) is 9.59 Å². The van der Waals surface area contributed by atoms with Crippen molar-refractivity contribution >= 4 is 27.5 Å². The average Bonchev–Trinajstić information content (AvgIpc) is 2.64. The van der Waals surface area contributed by atoms with Gasteiger partial charge >= 0.3 is 0 Å². The zero-order valence-corrected chi connectivity index (χ0v) is 15.8. The van der Waals surface area contributed by atoms with Crippen LogP contribution in [0.1, 0.15) is 23.7 Å². The van der Waals surface area contributed by atoms with Gasteiger partial charge in [-0.15, -0.1) is 0 Å². The van der Waals surface area contributed by atoms with E-state index >= 15 is 0 Å². The normalized spacial score (nSPS) is 11.1. The molecule has 3 N–H and O–H groups in total. The second-order valence-electron chi connectivity index (χ2n) is 5.71. The van der Waals surface area contributed by atoms with Crippen molar-refractivity contribution in [2.75, 3.05) is 18.4 Å². The lowest BCUT2D eigenvalue weighted by Gasteiger charge is -2.09. The highest BCUT2D eigenvalue weighted by Crippen LogP contribution is 2.14. The summed E-state index contributed by atoms with van der Waals surface area (Å²) in [6, 6.07) is 8.47. The third kappa shape index (κ3) is 5.83. The van der Waals surface area contributed by atoms with Crippen molar-refractivity contribution in [1.29, 1.82) is 0 Å². The topological polar surface area (TPSA) is 104 Å². The van der Waals surface area contributed by atoms with Crippen LogP contribution in [0.15, 0.2) is 47.4 Å². The number of carbonyl (C=O) groups is 2. The molecule has 0 aromatic heterocycles. The van der Waals surface area contributed by atoms with Crippen LogP contribution in [0.5, 0.6) is 0 Å². The largest absolute Gasteiger partial charge is 0.352 e. The SMILES string of the molecule is CCNC(=O)c1cccc(NC(=O)CCNS(=O)(=O)c2ccc(F)c(F)c2)c1. The number of halogens is 2. The fourth-order valence-corrected chi connectivity index (χ4v) is 3.29. The van der Waals surface area contributed by atoms with Crippen molar-refractivity contribution < 1.29 is 26.8 Å². The summed E-state index contributed by atoms with van der Waals surface area (Å²) in [5, 5.41) is 5.20. The van der Waals surface area contributed by atoms with E-state index in [1.165, 1.54) is 6.07 Å². The molecule has 0 unspecified atom stereocenters. The molecular formula is C18H19F2N3O4S. The monoisotopic (exact) mass is 411 g/mol. The number of hydrogen-bond acceptors (Lipinski definition) is 4.